The van der Waals surface area contributed by atoms with Gasteiger partial charge in [-0.1, -0.05) is 6.07 Å². The van der Waals surface area contributed by atoms with Gasteiger partial charge < -0.3 is 4.90 Å². The summed E-state index contributed by atoms with van der Waals surface area (Å²) in [6, 6.07) is 9.67. The Labute approximate surface area is 155 Å². The third-order valence-corrected chi connectivity index (χ3v) is 4.93. The van der Waals surface area contributed by atoms with Crippen LogP contribution in [-0.2, 0) is 0 Å². The molecule has 1 aliphatic heterocycles. The molecule has 1 aliphatic rings. The Balaban J connectivity index is 1.72. The van der Waals surface area contributed by atoms with Gasteiger partial charge >= 0.3 is 0 Å². The highest BCUT2D eigenvalue weighted by molar-refractivity contribution is 5.63. The van der Waals surface area contributed by atoms with Gasteiger partial charge in [-0.05, 0) is 19.1 Å². The minimum atomic E-state index is -0.601. The van der Waals surface area contributed by atoms with Crippen molar-refractivity contribution in [2.24, 2.45) is 0 Å². The number of nitrogens with zero attached hydrogens (tertiary/aromatic N) is 4. The first-order valence-electron chi connectivity index (χ1n) is 8.53. The Kier molecular flexibility index (Phi) is 5.33. The van der Waals surface area contributed by atoms with Gasteiger partial charge in [0.1, 0.15) is 17.7 Å². The van der Waals surface area contributed by atoms with Crippen LogP contribution in [-0.4, -0.2) is 36.0 Å². The maximum Gasteiger partial charge on any atom is 0.270 e. The number of nitriles is 1. The van der Waals surface area contributed by atoms with E-state index in [-0.39, 0.29) is 17.3 Å². The lowest BCUT2D eigenvalue weighted by atomic mass is 10.0. The average molecular weight is 372 g/mol. The van der Waals surface area contributed by atoms with E-state index in [0.29, 0.717) is 37.4 Å². The van der Waals surface area contributed by atoms with Crippen molar-refractivity contribution in [2.45, 2.75) is 13.0 Å². The highest BCUT2D eigenvalue weighted by Gasteiger charge is 2.25. The van der Waals surface area contributed by atoms with Crippen molar-refractivity contribution >= 4 is 11.4 Å². The van der Waals surface area contributed by atoms with Crippen LogP contribution in [0, 0.1) is 33.1 Å². The molecule has 1 fully saturated rings. The van der Waals surface area contributed by atoms with E-state index >= 15 is 0 Å². The van der Waals surface area contributed by atoms with Crippen molar-refractivity contribution in [1.82, 2.24) is 4.90 Å². The van der Waals surface area contributed by atoms with Crippen LogP contribution < -0.4 is 4.90 Å². The maximum absolute atomic E-state index is 14.0. The van der Waals surface area contributed by atoms with Gasteiger partial charge in [0, 0.05) is 56.0 Å². The monoisotopic (exact) mass is 372 g/mol. The number of anilines is 1. The molecule has 140 valence electrons. The predicted octanol–water partition coefficient (Wildman–Crippen LogP) is 3.63. The molecular weight excluding hydrogens is 354 g/mol. The fraction of sp³-hybridized carbons (Fsp3) is 0.316. The van der Waals surface area contributed by atoms with Gasteiger partial charge in [0.25, 0.3) is 5.69 Å². The first-order valence-corrected chi connectivity index (χ1v) is 8.53. The summed E-state index contributed by atoms with van der Waals surface area (Å²) in [6.45, 7) is 4.32. The number of rotatable bonds is 4. The van der Waals surface area contributed by atoms with E-state index in [1.807, 2.05) is 17.9 Å². The first-order chi connectivity index (χ1) is 12.9. The summed E-state index contributed by atoms with van der Waals surface area (Å²) >= 11 is 0. The van der Waals surface area contributed by atoms with Crippen LogP contribution in [0.15, 0.2) is 36.4 Å². The molecule has 3 rings (SSSR count). The van der Waals surface area contributed by atoms with E-state index in [9.17, 15) is 24.2 Å². The molecule has 0 N–H and O–H groups in total. The van der Waals surface area contributed by atoms with Crippen LogP contribution in [0.2, 0.25) is 0 Å². The molecule has 0 bridgehead atoms. The summed E-state index contributed by atoms with van der Waals surface area (Å²) in [4.78, 5) is 14.4. The van der Waals surface area contributed by atoms with Crippen LogP contribution in [0.5, 0.6) is 0 Å². The lowest BCUT2D eigenvalue weighted by Crippen LogP contribution is -2.47. The average Bonchev–Trinajstić information content (AvgIpc) is 2.67. The van der Waals surface area contributed by atoms with Crippen molar-refractivity contribution in [3.8, 4) is 6.07 Å². The molecule has 0 radical (unpaired) electrons. The molecule has 2 aromatic rings. The van der Waals surface area contributed by atoms with Gasteiger partial charge in [-0.25, -0.2) is 8.78 Å². The van der Waals surface area contributed by atoms with Crippen molar-refractivity contribution < 1.29 is 13.7 Å². The summed E-state index contributed by atoms with van der Waals surface area (Å²) in [6.07, 6.45) is 0. The number of hydrogen-bond donors (Lipinski definition) is 0. The van der Waals surface area contributed by atoms with Crippen LogP contribution >= 0.6 is 0 Å². The van der Waals surface area contributed by atoms with E-state index in [2.05, 4.69) is 4.90 Å². The molecule has 1 saturated heterocycles. The molecule has 1 unspecified atom stereocenters. The third kappa shape index (κ3) is 3.88. The van der Waals surface area contributed by atoms with Crippen LogP contribution in [0.4, 0.5) is 20.2 Å². The Morgan fingerprint density at radius 3 is 2.44 bits per heavy atom. The Morgan fingerprint density at radius 1 is 1.15 bits per heavy atom. The molecule has 1 heterocycles. The van der Waals surface area contributed by atoms with Crippen molar-refractivity contribution in [3.05, 3.63) is 69.3 Å². The van der Waals surface area contributed by atoms with Gasteiger partial charge in [0.2, 0.25) is 0 Å². The topological polar surface area (TPSA) is 73.4 Å². The molecule has 2 aromatic carbocycles. The highest BCUT2D eigenvalue weighted by atomic mass is 19.1. The zero-order valence-electron chi connectivity index (χ0n) is 14.7. The summed E-state index contributed by atoms with van der Waals surface area (Å²) in [5, 5.41) is 20.2. The second-order valence-corrected chi connectivity index (χ2v) is 6.44. The molecule has 6 nitrogen and oxygen atoms in total. The molecule has 27 heavy (non-hydrogen) atoms. The van der Waals surface area contributed by atoms with E-state index < -0.39 is 16.6 Å². The number of non-ortho nitro benzene ring substituents is 1. The summed E-state index contributed by atoms with van der Waals surface area (Å²) in [5.41, 5.74) is 1.24. The number of benzene rings is 2. The molecular formula is C19H18F2N4O2. The minimum Gasteiger partial charge on any atom is -0.368 e. The fourth-order valence-electron chi connectivity index (χ4n) is 3.39. The summed E-state index contributed by atoms with van der Waals surface area (Å²) in [5.74, 6) is -1.16. The quantitative estimate of drug-likeness (QED) is 0.605. The van der Waals surface area contributed by atoms with Crippen molar-refractivity contribution in [3.63, 3.8) is 0 Å². The van der Waals surface area contributed by atoms with Gasteiger partial charge in [-0.3, -0.25) is 15.0 Å². The molecule has 0 aromatic heterocycles. The fourth-order valence-corrected chi connectivity index (χ4v) is 3.39. The standard InChI is InChI=1S/C19H18F2N4O2/c1-13(17-4-2-15(20)11-18(17)21)23-6-8-24(9-7-23)19-5-3-16(25(26)27)10-14(19)12-22/h2-5,10-11,13H,6-9H2,1H3. The summed E-state index contributed by atoms with van der Waals surface area (Å²) in [7, 11) is 0. The largest absolute Gasteiger partial charge is 0.368 e. The smallest absolute Gasteiger partial charge is 0.270 e. The van der Waals surface area contributed by atoms with E-state index in [0.717, 1.165) is 6.07 Å². The second kappa shape index (κ2) is 7.68. The first kappa shape index (κ1) is 18.7. The molecule has 8 heteroatoms. The number of nitro groups is 1. The van der Waals surface area contributed by atoms with E-state index in [1.165, 1.54) is 24.3 Å². The van der Waals surface area contributed by atoms with Crippen LogP contribution in [0.3, 0.4) is 0 Å². The van der Waals surface area contributed by atoms with Crippen LogP contribution in [0.25, 0.3) is 0 Å². The number of halogens is 2. The highest BCUT2D eigenvalue weighted by Crippen LogP contribution is 2.29. The zero-order valence-corrected chi connectivity index (χ0v) is 14.7. The van der Waals surface area contributed by atoms with Gasteiger partial charge in [0.15, 0.2) is 0 Å². The van der Waals surface area contributed by atoms with Crippen molar-refractivity contribution in [2.75, 3.05) is 31.1 Å². The Bertz CT molecular complexity index is 905. The van der Waals surface area contributed by atoms with Crippen molar-refractivity contribution in [1.29, 1.82) is 5.26 Å². The van der Waals surface area contributed by atoms with Crippen LogP contribution in [0.1, 0.15) is 24.1 Å². The lowest BCUT2D eigenvalue weighted by Gasteiger charge is -2.39. The molecule has 0 saturated carbocycles. The third-order valence-electron chi connectivity index (χ3n) is 4.93. The molecule has 0 amide bonds. The molecule has 1 atom stereocenters. The number of nitro benzene ring substituents is 1. The molecule has 0 aliphatic carbocycles. The summed E-state index contributed by atoms with van der Waals surface area (Å²) < 4.78 is 27.1. The zero-order chi connectivity index (χ0) is 19.6. The second-order valence-electron chi connectivity index (χ2n) is 6.44. The Morgan fingerprint density at radius 2 is 1.85 bits per heavy atom. The SMILES string of the molecule is CC(c1ccc(F)cc1F)N1CCN(c2ccc([N+](=O)[O-])cc2C#N)CC1. The number of piperazine rings is 1. The van der Waals surface area contributed by atoms with Gasteiger partial charge in [-0.2, -0.15) is 5.26 Å². The molecule has 0 spiro atoms. The van der Waals surface area contributed by atoms with Gasteiger partial charge in [0.05, 0.1) is 16.2 Å². The van der Waals surface area contributed by atoms with Gasteiger partial charge in [-0.15, -0.1) is 0 Å². The van der Waals surface area contributed by atoms with E-state index in [1.54, 1.807) is 6.07 Å². The normalized spacial score (nSPS) is 16.0. The predicted molar refractivity (Wildman–Crippen MR) is 96.4 cm³/mol. The maximum atomic E-state index is 14.0. The Hall–Kier alpha value is -3.05. The lowest BCUT2D eigenvalue weighted by molar-refractivity contribution is -0.384. The van der Waals surface area contributed by atoms with E-state index in [4.69, 9.17) is 0 Å². The minimum absolute atomic E-state index is 0.116. The number of hydrogen-bond acceptors (Lipinski definition) is 5.